The average molecular weight is 152 g/mol. The second-order valence-corrected chi connectivity index (χ2v) is 2.43. The number of aldehydes is 1. The third-order valence-corrected chi connectivity index (χ3v) is 1.76. The van der Waals surface area contributed by atoms with E-state index in [2.05, 4.69) is 4.74 Å². The number of terminal acetylenes is 1. The molecule has 0 fully saturated rings. The van der Waals surface area contributed by atoms with E-state index in [0.717, 1.165) is 6.29 Å². The zero-order chi connectivity index (χ0) is 7.40. The summed E-state index contributed by atoms with van der Waals surface area (Å²) in [5, 5.41) is 1.75. The van der Waals surface area contributed by atoms with Crippen molar-refractivity contribution in [2.75, 3.05) is 0 Å². The van der Waals surface area contributed by atoms with Crippen molar-refractivity contribution in [1.29, 1.82) is 0 Å². The van der Waals surface area contributed by atoms with Crippen molar-refractivity contribution in [3.05, 3.63) is 16.3 Å². The van der Waals surface area contributed by atoms with Gasteiger partial charge in [-0.3, -0.25) is 4.79 Å². The Kier molecular flexibility index (Phi) is 2.08. The molecule has 0 aliphatic rings. The first-order chi connectivity index (χ1) is 4.88. The molecule has 0 bridgehead atoms. The van der Waals surface area contributed by atoms with Crippen LogP contribution >= 0.6 is 11.3 Å². The molecule has 0 atom stereocenters. The molecular weight excluding hydrogens is 148 g/mol. The van der Waals surface area contributed by atoms with Crippen molar-refractivity contribution in [2.24, 2.45) is 0 Å². The Hall–Kier alpha value is -1.27. The van der Waals surface area contributed by atoms with Gasteiger partial charge < -0.3 is 4.74 Å². The van der Waals surface area contributed by atoms with Crippen LogP contribution in [0.4, 0.5) is 0 Å². The van der Waals surface area contributed by atoms with Crippen molar-refractivity contribution < 1.29 is 9.53 Å². The van der Waals surface area contributed by atoms with Crippen molar-refractivity contribution >= 4 is 17.6 Å². The molecule has 0 radical (unpaired) electrons. The molecule has 0 saturated carbocycles. The number of carbonyl (C=O) groups is 1. The Morgan fingerprint density at radius 1 is 1.80 bits per heavy atom. The van der Waals surface area contributed by atoms with Gasteiger partial charge in [0.1, 0.15) is 11.0 Å². The first kappa shape index (κ1) is 6.84. The summed E-state index contributed by atoms with van der Waals surface area (Å²) < 4.78 is 4.67. The van der Waals surface area contributed by atoms with Gasteiger partial charge in [0.2, 0.25) is 0 Å². The third kappa shape index (κ3) is 1.17. The zero-order valence-corrected chi connectivity index (χ0v) is 5.85. The fourth-order valence-electron chi connectivity index (χ4n) is 0.543. The Bertz CT molecular complexity index is 269. The fraction of sp³-hybridized carbons (Fsp3) is 0. The SMILES string of the molecule is C#COc1ccsc1C=O. The molecule has 0 unspecified atom stereocenters. The summed E-state index contributed by atoms with van der Waals surface area (Å²) >= 11 is 1.30. The molecule has 1 aromatic rings. The van der Waals surface area contributed by atoms with Gasteiger partial charge in [0, 0.05) is 0 Å². The van der Waals surface area contributed by atoms with Gasteiger partial charge in [0.25, 0.3) is 0 Å². The van der Waals surface area contributed by atoms with E-state index in [4.69, 9.17) is 6.42 Å². The molecule has 50 valence electrons. The van der Waals surface area contributed by atoms with Gasteiger partial charge in [-0.25, -0.2) is 0 Å². The van der Waals surface area contributed by atoms with Crippen LogP contribution in [0.1, 0.15) is 9.67 Å². The van der Waals surface area contributed by atoms with E-state index in [-0.39, 0.29) is 0 Å². The molecule has 1 aromatic heterocycles. The molecular formula is C7H4O2S. The highest BCUT2D eigenvalue weighted by Gasteiger charge is 2.01. The standard InChI is InChI=1S/C7H4O2S/c1-2-9-6-3-4-10-7(6)5-8/h1,3-5H. The van der Waals surface area contributed by atoms with Crippen molar-refractivity contribution in [1.82, 2.24) is 0 Å². The number of ether oxygens (including phenoxy) is 1. The summed E-state index contributed by atoms with van der Waals surface area (Å²) in [5.74, 6) is 0.461. The van der Waals surface area contributed by atoms with Gasteiger partial charge in [-0.2, -0.15) is 0 Å². The van der Waals surface area contributed by atoms with Crippen LogP contribution in [0, 0.1) is 12.5 Å². The van der Waals surface area contributed by atoms with E-state index in [0.29, 0.717) is 10.6 Å². The molecule has 0 amide bonds. The molecule has 0 aromatic carbocycles. The van der Waals surface area contributed by atoms with Gasteiger partial charge >= 0.3 is 0 Å². The smallest absolute Gasteiger partial charge is 0.163 e. The predicted octanol–water partition coefficient (Wildman–Crippen LogP) is 1.53. The highest BCUT2D eigenvalue weighted by molar-refractivity contribution is 7.12. The molecule has 0 aliphatic carbocycles. The van der Waals surface area contributed by atoms with Gasteiger partial charge in [0.05, 0.1) is 0 Å². The van der Waals surface area contributed by atoms with E-state index < -0.39 is 0 Å². The summed E-state index contributed by atoms with van der Waals surface area (Å²) in [6.07, 6.45) is 7.57. The molecule has 0 saturated heterocycles. The molecule has 2 nitrogen and oxygen atoms in total. The molecule has 0 aliphatic heterocycles. The van der Waals surface area contributed by atoms with Gasteiger partial charge in [0.15, 0.2) is 12.0 Å². The molecule has 3 heteroatoms. The number of hydrogen-bond donors (Lipinski definition) is 0. The van der Waals surface area contributed by atoms with E-state index in [1.807, 2.05) is 6.11 Å². The largest absolute Gasteiger partial charge is 0.406 e. The minimum atomic E-state index is 0.461. The topological polar surface area (TPSA) is 26.3 Å². The lowest BCUT2D eigenvalue weighted by Crippen LogP contribution is -1.82. The number of carbonyl (C=O) groups excluding carboxylic acids is 1. The summed E-state index contributed by atoms with van der Waals surface area (Å²) in [4.78, 5) is 10.8. The van der Waals surface area contributed by atoms with E-state index in [9.17, 15) is 4.79 Å². The summed E-state index contributed by atoms with van der Waals surface area (Å²) in [6.45, 7) is 0. The van der Waals surface area contributed by atoms with Crippen molar-refractivity contribution in [3.8, 4) is 18.3 Å². The zero-order valence-electron chi connectivity index (χ0n) is 5.03. The van der Waals surface area contributed by atoms with Crippen LogP contribution in [-0.2, 0) is 0 Å². The van der Waals surface area contributed by atoms with E-state index >= 15 is 0 Å². The van der Waals surface area contributed by atoms with Crippen LogP contribution in [-0.4, -0.2) is 6.29 Å². The Morgan fingerprint density at radius 3 is 3.20 bits per heavy atom. The highest BCUT2D eigenvalue weighted by atomic mass is 32.1. The number of thiophene rings is 1. The summed E-state index contributed by atoms with van der Waals surface area (Å²) in [7, 11) is 0. The van der Waals surface area contributed by atoms with E-state index in [1.165, 1.54) is 11.3 Å². The molecule has 0 spiro atoms. The van der Waals surface area contributed by atoms with Gasteiger partial charge in [-0.15, -0.1) is 11.3 Å². The highest BCUT2D eigenvalue weighted by Crippen LogP contribution is 2.21. The lowest BCUT2D eigenvalue weighted by molar-refractivity contribution is 0.112. The molecule has 1 rings (SSSR count). The number of hydrogen-bond acceptors (Lipinski definition) is 3. The third-order valence-electron chi connectivity index (χ3n) is 0.933. The van der Waals surface area contributed by atoms with E-state index in [1.54, 1.807) is 11.4 Å². The summed E-state index contributed by atoms with van der Waals surface area (Å²) in [6, 6.07) is 1.66. The Morgan fingerprint density at radius 2 is 2.60 bits per heavy atom. The maximum atomic E-state index is 10.2. The van der Waals surface area contributed by atoms with Crippen LogP contribution in [0.15, 0.2) is 11.4 Å². The van der Waals surface area contributed by atoms with Crippen LogP contribution in [0.2, 0.25) is 0 Å². The minimum Gasteiger partial charge on any atom is -0.406 e. The first-order valence-corrected chi connectivity index (χ1v) is 3.41. The summed E-state index contributed by atoms with van der Waals surface area (Å²) in [5.41, 5.74) is 0. The van der Waals surface area contributed by atoms with Crippen molar-refractivity contribution in [2.45, 2.75) is 0 Å². The lowest BCUT2D eigenvalue weighted by atomic mass is 10.5. The Labute approximate surface area is 62.4 Å². The van der Waals surface area contributed by atoms with Crippen LogP contribution in [0.5, 0.6) is 5.75 Å². The maximum Gasteiger partial charge on any atom is 0.163 e. The second kappa shape index (κ2) is 3.04. The average Bonchev–Trinajstić information content (AvgIpc) is 2.36. The second-order valence-electron chi connectivity index (χ2n) is 1.49. The van der Waals surface area contributed by atoms with Crippen LogP contribution < -0.4 is 4.74 Å². The predicted molar refractivity (Wildman–Crippen MR) is 39.2 cm³/mol. The maximum absolute atomic E-state index is 10.2. The normalized spacial score (nSPS) is 8.30. The Balaban J connectivity index is 2.92. The van der Waals surface area contributed by atoms with Gasteiger partial charge in [-0.1, -0.05) is 6.42 Å². The first-order valence-electron chi connectivity index (χ1n) is 2.53. The van der Waals surface area contributed by atoms with Crippen molar-refractivity contribution in [3.63, 3.8) is 0 Å². The molecule has 10 heavy (non-hydrogen) atoms. The fourth-order valence-corrected chi connectivity index (χ4v) is 1.16. The van der Waals surface area contributed by atoms with Crippen LogP contribution in [0.25, 0.3) is 0 Å². The van der Waals surface area contributed by atoms with Crippen LogP contribution in [0.3, 0.4) is 0 Å². The number of rotatable bonds is 2. The molecule has 0 N–H and O–H groups in total. The minimum absolute atomic E-state index is 0.461. The lowest BCUT2D eigenvalue weighted by Gasteiger charge is -1.89. The quantitative estimate of drug-likeness (QED) is 0.474. The monoisotopic (exact) mass is 152 g/mol. The molecule has 1 heterocycles. The van der Waals surface area contributed by atoms with Gasteiger partial charge in [-0.05, 0) is 11.4 Å².